The van der Waals surface area contributed by atoms with Gasteiger partial charge in [-0.2, -0.15) is 8.78 Å². The minimum atomic E-state index is -2.80. The molecule has 0 fully saturated rings. The molecule has 5 heteroatoms. The van der Waals surface area contributed by atoms with Crippen molar-refractivity contribution in [3.05, 3.63) is 59.7 Å². The Kier molecular flexibility index (Phi) is 5.51. The van der Waals surface area contributed by atoms with Crippen molar-refractivity contribution in [1.29, 1.82) is 0 Å². The molecule has 0 aromatic heterocycles. The molecular weight excluding hydrogens is 276 g/mol. The molecule has 3 nitrogen and oxygen atoms in total. The van der Waals surface area contributed by atoms with E-state index in [0.29, 0.717) is 13.2 Å². The van der Waals surface area contributed by atoms with Crippen molar-refractivity contribution in [2.24, 2.45) is 0 Å². The third kappa shape index (κ3) is 4.72. The van der Waals surface area contributed by atoms with Gasteiger partial charge in [0.2, 0.25) is 0 Å². The van der Waals surface area contributed by atoms with Crippen LogP contribution in [0.2, 0.25) is 0 Å². The van der Waals surface area contributed by atoms with Gasteiger partial charge in [0.05, 0.1) is 6.61 Å². The Balaban J connectivity index is 1.96. The van der Waals surface area contributed by atoms with E-state index < -0.39 is 6.61 Å². The minimum absolute atomic E-state index is 0.161. The van der Waals surface area contributed by atoms with Crippen LogP contribution in [0.4, 0.5) is 14.5 Å². The highest BCUT2D eigenvalue weighted by molar-refractivity contribution is 5.51. The molecule has 0 amide bonds. The van der Waals surface area contributed by atoms with Crippen LogP contribution in [0.25, 0.3) is 0 Å². The summed E-state index contributed by atoms with van der Waals surface area (Å²) in [5, 5.41) is 3.31. The third-order valence-electron chi connectivity index (χ3n) is 2.95. The highest BCUT2D eigenvalue weighted by atomic mass is 19.3. The predicted octanol–water partition coefficient (Wildman–Crippen LogP) is 4.05. The molecule has 0 atom stereocenters. The fourth-order valence-corrected chi connectivity index (χ4v) is 1.96. The van der Waals surface area contributed by atoms with Crippen LogP contribution < -0.4 is 10.1 Å². The first-order valence-electron chi connectivity index (χ1n) is 6.53. The Hall–Kier alpha value is -2.14. The second-order valence-corrected chi connectivity index (χ2v) is 4.47. The number of halogens is 2. The summed E-state index contributed by atoms with van der Waals surface area (Å²) in [6.45, 7) is -1.67. The van der Waals surface area contributed by atoms with Crippen molar-refractivity contribution in [3.8, 4) is 5.75 Å². The van der Waals surface area contributed by atoms with Crippen LogP contribution in [-0.4, -0.2) is 13.7 Å². The molecule has 112 valence electrons. The lowest BCUT2D eigenvalue weighted by atomic mass is 10.1. The lowest BCUT2D eigenvalue weighted by Gasteiger charge is -2.12. The zero-order valence-electron chi connectivity index (χ0n) is 11.7. The maximum Gasteiger partial charge on any atom is 0.387 e. The Morgan fingerprint density at radius 3 is 2.43 bits per heavy atom. The van der Waals surface area contributed by atoms with Crippen LogP contribution in [-0.2, 0) is 17.9 Å². The summed E-state index contributed by atoms with van der Waals surface area (Å²) >= 11 is 0. The summed E-state index contributed by atoms with van der Waals surface area (Å²) in [7, 11) is 1.65. The van der Waals surface area contributed by atoms with E-state index in [2.05, 4.69) is 10.1 Å². The number of hydrogen-bond acceptors (Lipinski definition) is 3. The Morgan fingerprint density at radius 2 is 1.76 bits per heavy atom. The fraction of sp³-hybridized carbons (Fsp3) is 0.250. The zero-order valence-corrected chi connectivity index (χ0v) is 11.7. The van der Waals surface area contributed by atoms with Gasteiger partial charge in [0.25, 0.3) is 0 Å². The van der Waals surface area contributed by atoms with E-state index in [9.17, 15) is 8.78 Å². The Morgan fingerprint density at radius 1 is 1.05 bits per heavy atom. The smallest absolute Gasteiger partial charge is 0.387 e. The van der Waals surface area contributed by atoms with E-state index in [1.165, 1.54) is 12.1 Å². The number of anilines is 1. The summed E-state index contributed by atoms with van der Waals surface area (Å²) in [5.74, 6) is 0.161. The maximum atomic E-state index is 12.1. The highest BCUT2D eigenvalue weighted by Gasteiger charge is 2.04. The quantitative estimate of drug-likeness (QED) is 0.835. The maximum absolute atomic E-state index is 12.1. The zero-order chi connectivity index (χ0) is 15.1. The van der Waals surface area contributed by atoms with Gasteiger partial charge in [0.1, 0.15) is 5.75 Å². The highest BCUT2D eigenvalue weighted by Crippen LogP contribution is 2.19. The van der Waals surface area contributed by atoms with Crippen molar-refractivity contribution in [2.75, 3.05) is 12.4 Å². The van der Waals surface area contributed by atoms with Crippen molar-refractivity contribution < 1.29 is 18.3 Å². The number of methoxy groups -OCH3 is 1. The number of para-hydroxylation sites is 1. The van der Waals surface area contributed by atoms with Crippen molar-refractivity contribution in [2.45, 2.75) is 19.8 Å². The van der Waals surface area contributed by atoms with Gasteiger partial charge >= 0.3 is 6.61 Å². The van der Waals surface area contributed by atoms with Gasteiger partial charge in [-0.3, -0.25) is 0 Å². The van der Waals surface area contributed by atoms with E-state index in [1.54, 1.807) is 19.2 Å². The summed E-state index contributed by atoms with van der Waals surface area (Å²) in [4.78, 5) is 0. The molecule has 0 aliphatic carbocycles. The second kappa shape index (κ2) is 7.59. The number of ether oxygens (including phenoxy) is 2. The van der Waals surface area contributed by atoms with E-state index in [4.69, 9.17) is 4.74 Å². The molecule has 21 heavy (non-hydrogen) atoms. The first-order chi connectivity index (χ1) is 10.2. The molecule has 0 saturated carbocycles. The summed E-state index contributed by atoms with van der Waals surface area (Å²) < 4.78 is 33.6. The van der Waals surface area contributed by atoms with Gasteiger partial charge in [0.15, 0.2) is 0 Å². The van der Waals surface area contributed by atoms with Crippen molar-refractivity contribution in [1.82, 2.24) is 0 Å². The Labute approximate surface area is 122 Å². The second-order valence-electron chi connectivity index (χ2n) is 4.47. The van der Waals surface area contributed by atoms with Gasteiger partial charge < -0.3 is 14.8 Å². The van der Waals surface area contributed by atoms with Crippen LogP contribution >= 0.6 is 0 Å². The van der Waals surface area contributed by atoms with Crippen LogP contribution in [0.15, 0.2) is 48.5 Å². The predicted molar refractivity (Wildman–Crippen MR) is 77.6 cm³/mol. The van der Waals surface area contributed by atoms with Gasteiger partial charge in [-0.15, -0.1) is 0 Å². The first kappa shape index (κ1) is 15.3. The molecule has 0 radical (unpaired) electrons. The molecule has 2 aromatic carbocycles. The molecule has 0 saturated heterocycles. The first-order valence-corrected chi connectivity index (χ1v) is 6.53. The number of hydrogen-bond donors (Lipinski definition) is 1. The standard InChI is InChI=1S/C16H17F2NO2/c1-20-11-13-4-2-3-5-15(13)19-10-12-6-8-14(9-7-12)21-16(17)18/h2-9,16,19H,10-11H2,1H3. The topological polar surface area (TPSA) is 30.5 Å². The van der Waals surface area contributed by atoms with E-state index in [0.717, 1.165) is 16.8 Å². The molecule has 0 bridgehead atoms. The minimum Gasteiger partial charge on any atom is -0.435 e. The molecule has 0 unspecified atom stereocenters. The molecule has 2 rings (SSSR count). The van der Waals surface area contributed by atoms with Crippen LogP contribution in [0, 0.1) is 0 Å². The molecule has 0 heterocycles. The van der Waals surface area contributed by atoms with Gasteiger partial charge in [-0.1, -0.05) is 30.3 Å². The van der Waals surface area contributed by atoms with Crippen LogP contribution in [0.1, 0.15) is 11.1 Å². The SMILES string of the molecule is COCc1ccccc1NCc1ccc(OC(F)F)cc1. The summed E-state index contributed by atoms with van der Waals surface area (Å²) in [6.07, 6.45) is 0. The molecule has 0 spiro atoms. The monoisotopic (exact) mass is 293 g/mol. The van der Waals surface area contributed by atoms with E-state index in [1.807, 2.05) is 24.3 Å². The largest absolute Gasteiger partial charge is 0.435 e. The van der Waals surface area contributed by atoms with E-state index in [-0.39, 0.29) is 5.75 Å². The number of benzene rings is 2. The number of nitrogens with one attached hydrogen (secondary N) is 1. The molecule has 1 N–H and O–H groups in total. The fourth-order valence-electron chi connectivity index (χ4n) is 1.96. The van der Waals surface area contributed by atoms with Crippen molar-refractivity contribution >= 4 is 5.69 Å². The van der Waals surface area contributed by atoms with Crippen LogP contribution in [0.5, 0.6) is 5.75 Å². The lowest BCUT2D eigenvalue weighted by molar-refractivity contribution is -0.0498. The van der Waals surface area contributed by atoms with Crippen LogP contribution in [0.3, 0.4) is 0 Å². The molecule has 0 aliphatic rings. The molecule has 0 aliphatic heterocycles. The van der Waals surface area contributed by atoms with Gasteiger partial charge in [-0.05, 0) is 23.8 Å². The lowest BCUT2D eigenvalue weighted by Crippen LogP contribution is -2.04. The van der Waals surface area contributed by atoms with Gasteiger partial charge in [-0.25, -0.2) is 0 Å². The summed E-state index contributed by atoms with van der Waals surface area (Å²) in [6, 6.07) is 14.4. The summed E-state index contributed by atoms with van der Waals surface area (Å²) in [5.41, 5.74) is 3.04. The number of alkyl halides is 2. The normalized spacial score (nSPS) is 10.7. The average Bonchev–Trinajstić information content (AvgIpc) is 2.48. The third-order valence-corrected chi connectivity index (χ3v) is 2.95. The van der Waals surface area contributed by atoms with E-state index >= 15 is 0 Å². The number of rotatable bonds is 7. The molecular formula is C16H17F2NO2. The molecule has 2 aromatic rings. The average molecular weight is 293 g/mol. The van der Waals surface area contributed by atoms with Gasteiger partial charge in [0, 0.05) is 24.9 Å². The van der Waals surface area contributed by atoms with Crippen molar-refractivity contribution in [3.63, 3.8) is 0 Å². The Bertz CT molecular complexity index is 558.